The SMILES string of the molecule is NCC#Cc1cnccc1C(=O)N1CCc2ccccc21. The van der Waals surface area contributed by atoms with Gasteiger partial charge in [0, 0.05) is 24.6 Å². The minimum absolute atomic E-state index is 0.0383. The third-order valence-corrected chi connectivity index (χ3v) is 3.51. The van der Waals surface area contributed by atoms with Crippen LogP contribution in [0.15, 0.2) is 42.7 Å². The maximum absolute atomic E-state index is 12.8. The van der Waals surface area contributed by atoms with Crippen LogP contribution in [0.25, 0.3) is 0 Å². The van der Waals surface area contributed by atoms with E-state index in [1.165, 1.54) is 5.56 Å². The molecule has 0 spiro atoms. The van der Waals surface area contributed by atoms with E-state index >= 15 is 0 Å². The van der Waals surface area contributed by atoms with E-state index in [0.29, 0.717) is 17.7 Å². The van der Waals surface area contributed by atoms with Crippen molar-refractivity contribution in [2.24, 2.45) is 5.73 Å². The van der Waals surface area contributed by atoms with E-state index in [9.17, 15) is 4.79 Å². The number of para-hydroxylation sites is 1. The number of nitrogens with zero attached hydrogens (tertiary/aromatic N) is 2. The molecule has 3 rings (SSSR count). The monoisotopic (exact) mass is 277 g/mol. The number of carbonyl (C=O) groups is 1. The number of fused-ring (bicyclic) bond motifs is 1. The predicted octanol–water partition coefficient (Wildman–Crippen LogP) is 1.59. The Morgan fingerprint density at radius 3 is 3.05 bits per heavy atom. The maximum atomic E-state index is 12.8. The number of amides is 1. The van der Waals surface area contributed by atoms with Crippen LogP contribution in [0.1, 0.15) is 21.5 Å². The Bertz CT molecular complexity index is 743. The smallest absolute Gasteiger partial charge is 0.259 e. The summed E-state index contributed by atoms with van der Waals surface area (Å²) in [5, 5.41) is 0. The molecule has 1 aliphatic heterocycles. The van der Waals surface area contributed by atoms with Gasteiger partial charge in [-0.3, -0.25) is 9.78 Å². The molecule has 4 nitrogen and oxygen atoms in total. The first-order valence-electron chi connectivity index (χ1n) is 6.84. The molecule has 2 N–H and O–H groups in total. The lowest BCUT2D eigenvalue weighted by Crippen LogP contribution is -2.29. The molecule has 2 heterocycles. The Hall–Kier alpha value is -2.64. The summed E-state index contributed by atoms with van der Waals surface area (Å²) in [7, 11) is 0. The Labute approximate surface area is 123 Å². The van der Waals surface area contributed by atoms with Crippen LogP contribution in [0.4, 0.5) is 5.69 Å². The van der Waals surface area contributed by atoms with Crippen LogP contribution in [0.3, 0.4) is 0 Å². The molecule has 0 atom stereocenters. The lowest BCUT2D eigenvalue weighted by atomic mass is 10.1. The van der Waals surface area contributed by atoms with Crippen molar-refractivity contribution in [3.63, 3.8) is 0 Å². The first-order chi connectivity index (χ1) is 10.3. The zero-order chi connectivity index (χ0) is 14.7. The van der Waals surface area contributed by atoms with Crippen molar-refractivity contribution >= 4 is 11.6 Å². The topological polar surface area (TPSA) is 59.2 Å². The minimum atomic E-state index is -0.0383. The van der Waals surface area contributed by atoms with Gasteiger partial charge in [0.2, 0.25) is 0 Å². The molecule has 1 amide bonds. The van der Waals surface area contributed by atoms with Gasteiger partial charge in [-0.25, -0.2) is 0 Å². The van der Waals surface area contributed by atoms with Crippen LogP contribution in [-0.4, -0.2) is 24.0 Å². The number of carbonyl (C=O) groups excluding carboxylic acids is 1. The predicted molar refractivity (Wildman–Crippen MR) is 82.0 cm³/mol. The van der Waals surface area contributed by atoms with Crippen LogP contribution in [0.5, 0.6) is 0 Å². The molecule has 0 bridgehead atoms. The number of aromatic nitrogens is 1. The average molecular weight is 277 g/mol. The molecule has 1 aromatic heterocycles. The second kappa shape index (κ2) is 5.78. The molecule has 1 aliphatic rings. The first-order valence-corrected chi connectivity index (χ1v) is 6.84. The van der Waals surface area contributed by atoms with E-state index < -0.39 is 0 Å². The Morgan fingerprint density at radius 1 is 1.33 bits per heavy atom. The highest BCUT2D eigenvalue weighted by atomic mass is 16.2. The van der Waals surface area contributed by atoms with E-state index in [2.05, 4.69) is 22.9 Å². The van der Waals surface area contributed by atoms with E-state index in [1.54, 1.807) is 23.4 Å². The summed E-state index contributed by atoms with van der Waals surface area (Å²) < 4.78 is 0. The highest BCUT2D eigenvalue weighted by Gasteiger charge is 2.26. The normalized spacial score (nSPS) is 12.5. The summed E-state index contributed by atoms with van der Waals surface area (Å²) in [6.45, 7) is 0.958. The van der Waals surface area contributed by atoms with Gasteiger partial charge in [-0.2, -0.15) is 0 Å². The van der Waals surface area contributed by atoms with Crippen LogP contribution in [0.2, 0.25) is 0 Å². The molecule has 0 saturated carbocycles. The molecule has 0 saturated heterocycles. The molecule has 4 heteroatoms. The quantitative estimate of drug-likeness (QED) is 0.805. The van der Waals surface area contributed by atoms with Gasteiger partial charge in [-0.05, 0) is 24.1 Å². The second-order valence-electron chi connectivity index (χ2n) is 4.76. The van der Waals surface area contributed by atoms with Gasteiger partial charge in [-0.15, -0.1) is 0 Å². The zero-order valence-electron chi connectivity index (χ0n) is 11.5. The number of pyridine rings is 1. The van der Waals surface area contributed by atoms with E-state index in [4.69, 9.17) is 5.73 Å². The fourth-order valence-corrected chi connectivity index (χ4v) is 2.52. The summed E-state index contributed by atoms with van der Waals surface area (Å²) in [6.07, 6.45) is 4.11. The van der Waals surface area contributed by atoms with Crippen molar-refractivity contribution in [3.8, 4) is 11.8 Å². The van der Waals surface area contributed by atoms with Crippen LogP contribution in [0, 0.1) is 11.8 Å². The first kappa shape index (κ1) is 13.3. The Morgan fingerprint density at radius 2 is 2.19 bits per heavy atom. The van der Waals surface area contributed by atoms with Crippen LogP contribution >= 0.6 is 0 Å². The van der Waals surface area contributed by atoms with Gasteiger partial charge < -0.3 is 10.6 Å². The fourth-order valence-electron chi connectivity index (χ4n) is 2.52. The van der Waals surface area contributed by atoms with Gasteiger partial charge >= 0.3 is 0 Å². The molecule has 2 aromatic rings. The number of hydrogen-bond donors (Lipinski definition) is 1. The number of nitrogens with two attached hydrogens (primary N) is 1. The van der Waals surface area contributed by atoms with Crippen molar-refractivity contribution in [2.75, 3.05) is 18.0 Å². The standard InChI is InChI=1S/C17H15N3O/c18-9-3-5-14-12-19-10-7-15(14)17(21)20-11-8-13-4-1-2-6-16(13)20/h1-2,4,6-7,10,12H,8-9,11,18H2. The van der Waals surface area contributed by atoms with Crippen molar-refractivity contribution in [1.29, 1.82) is 0 Å². The molecule has 0 aliphatic carbocycles. The molecule has 104 valence electrons. The van der Waals surface area contributed by atoms with Gasteiger partial charge in [0.15, 0.2) is 0 Å². The largest absolute Gasteiger partial charge is 0.320 e. The maximum Gasteiger partial charge on any atom is 0.259 e. The van der Waals surface area contributed by atoms with Crippen molar-refractivity contribution in [1.82, 2.24) is 4.98 Å². The van der Waals surface area contributed by atoms with E-state index in [-0.39, 0.29) is 12.5 Å². The third-order valence-electron chi connectivity index (χ3n) is 3.51. The summed E-state index contributed by atoms with van der Waals surface area (Å²) in [4.78, 5) is 18.6. The van der Waals surface area contributed by atoms with Gasteiger partial charge in [0.1, 0.15) is 0 Å². The van der Waals surface area contributed by atoms with Gasteiger partial charge in [0.05, 0.1) is 17.7 Å². The highest BCUT2D eigenvalue weighted by Crippen LogP contribution is 2.29. The van der Waals surface area contributed by atoms with E-state index in [0.717, 1.165) is 12.1 Å². The number of benzene rings is 1. The summed E-state index contributed by atoms with van der Waals surface area (Å²) in [6, 6.07) is 9.70. The summed E-state index contributed by atoms with van der Waals surface area (Å²) in [5.74, 6) is 5.65. The minimum Gasteiger partial charge on any atom is -0.320 e. The van der Waals surface area contributed by atoms with Crippen molar-refractivity contribution in [2.45, 2.75) is 6.42 Å². The molecule has 0 fully saturated rings. The van der Waals surface area contributed by atoms with E-state index in [1.807, 2.05) is 18.2 Å². The van der Waals surface area contributed by atoms with Crippen LogP contribution < -0.4 is 10.6 Å². The summed E-state index contributed by atoms with van der Waals surface area (Å²) in [5.41, 5.74) is 8.78. The molecular weight excluding hydrogens is 262 g/mol. The molecule has 0 radical (unpaired) electrons. The average Bonchev–Trinajstić information content (AvgIpc) is 2.96. The fraction of sp³-hybridized carbons (Fsp3) is 0.176. The molecule has 21 heavy (non-hydrogen) atoms. The number of rotatable bonds is 1. The number of hydrogen-bond acceptors (Lipinski definition) is 3. The van der Waals surface area contributed by atoms with Crippen molar-refractivity contribution in [3.05, 3.63) is 59.4 Å². The second-order valence-corrected chi connectivity index (χ2v) is 4.76. The molecule has 1 aromatic carbocycles. The lowest BCUT2D eigenvalue weighted by Gasteiger charge is -2.18. The Balaban J connectivity index is 1.97. The lowest BCUT2D eigenvalue weighted by molar-refractivity contribution is 0.0989. The van der Waals surface area contributed by atoms with Crippen LogP contribution in [-0.2, 0) is 6.42 Å². The summed E-state index contributed by atoms with van der Waals surface area (Å²) >= 11 is 0. The highest BCUT2D eigenvalue weighted by molar-refractivity contribution is 6.08. The van der Waals surface area contributed by atoms with Gasteiger partial charge in [0.25, 0.3) is 5.91 Å². The third kappa shape index (κ3) is 2.51. The van der Waals surface area contributed by atoms with Crippen molar-refractivity contribution < 1.29 is 4.79 Å². The Kier molecular flexibility index (Phi) is 3.67. The molecule has 0 unspecified atom stereocenters. The zero-order valence-corrected chi connectivity index (χ0v) is 11.5. The van der Waals surface area contributed by atoms with Gasteiger partial charge in [-0.1, -0.05) is 30.0 Å². The number of anilines is 1. The molecular formula is C17H15N3O.